The summed E-state index contributed by atoms with van der Waals surface area (Å²) in [5.74, 6) is 0.586. The van der Waals surface area contributed by atoms with Crippen LogP contribution in [0.4, 0.5) is 4.39 Å². The molecule has 1 atom stereocenters. The van der Waals surface area contributed by atoms with E-state index in [0.29, 0.717) is 23.6 Å². The van der Waals surface area contributed by atoms with Crippen molar-refractivity contribution in [2.75, 3.05) is 13.2 Å². The summed E-state index contributed by atoms with van der Waals surface area (Å²) in [6.07, 6.45) is 0.591. The van der Waals surface area contributed by atoms with E-state index in [1.54, 1.807) is 18.2 Å². The highest BCUT2D eigenvalue weighted by Crippen LogP contribution is 2.16. The Hall–Kier alpha value is -1.58. The lowest BCUT2D eigenvalue weighted by Crippen LogP contribution is -2.36. The Morgan fingerprint density at radius 1 is 1.14 bits per heavy atom. The highest BCUT2D eigenvalue weighted by atomic mass is 35.5. The van der Waals surface area contributed by atoms with Gasteiger partial charge < -0.3 is 10.1 Å². The van der Waals surface area contributed by atoms with Gasteiger partial charge in [-0.05, 0) is 48.9 Å². The molecule has 0 aliphatic heterocycles. The van der Waals surface area contributed by atoms with E-state index in [0.717, 1.165) is 12.3 Å². The number of rotatable bonds is 7. The highest BCUT2D eigenvalue weighted by molar-refractivity contribution is 6.30. The van der Waals surface area contributed by atoms with Crippen LogP contribution in [0.5, 0.6) is 5.75 Å². The molecule has 0 amide bonds. The summed E-state index contributed by atoms with van der Waals surface area (Å²) in [7, 11) is 0. The number of hydrogen-bond donors (Lipinski definition) is 1. The minimum Gasteiger partial charge on any atom is -0.492 e. The minimum atomic E-state index is -0.174. The van der Waals surface area contributed by atoms with Gasteiger partial charge in [-0.15, -0.1) is 0 Å². The fourth-order valence-corrected chi connectivity index (χ4v) is 2.26. The molecular weight excluding hydrogens is 289 g/mol. The van der Waals surface area contributed by atoms with E-state index < -0.39 is 0 Å². The van der Waals surface area contributed by atoms with Gasteiger partial charge >= 0.3 is 0 Å². The molecule has 2 aromatic rings. The van der Waals surface area contributed by atoms with Gasteiger partial charge in [-0.1, -0.05) is 36.7 Å². The summed E-state index contributed by atoms with van der Waals surface area (Å²) in [5.41, 5.74) is 0.697. The van der Waals surface area contributed by atoms with Gasteiger partial charge in [0.2, 0.25) is 0 Å². The van der Waals surface area contributed by atoms with Gasteiger partial charge in [0.15, 0.2) is 0 Å². The Bertz CT molecular complexity index is 559. The van der Waals surface area contributed by atoms with Gasteiger partial charge in [-0.3, -0.25) is 0 Å². The molecule has 0 aliphatic carbocycles. The second-order valence-electron chi connectivity index (χ2n) is 4.82. The van der Waals surface area contributed by atoms with E-state index in [-0.39, 0.29) is 11.9 Å². The van der Waals surface area contributed by atoms with E-state index >= 15 is 0 Å². The van der Waals surface area contributed by atoms with E-state index in [1.165, 1.54) is 6.07 Å². The molecule has 1 unspecified atom stereocenters. The van der Waals surface area contributed by atoms with Crippen LogP contribution in [0.3, 0.4) is 0 Å². The maximum absolute atomic E-state index is 13.7. The molecule has 0 heterocycles. The summed E-state index contributed by atoms with van der Waals surface area (Å²) in [4.78, 5) is 0. The van der Waals surface area contributed by atoms with Crippen LogP contribution in [0.1, 0.15) is 12.5 Å². The van der Waals surface area contributed by atoms with Crippen molar-refractivity contribution < 1.29 is 9.13 Å². The summed E-state index contributed by atoms with van der Waals surface area (Å²) in [6, 6.07) is 14.1. The molecule has 0 radical (unpaired) electrons. The average molecular weight is 308 g/mol. The predicted molar refractivity (Wildman–Crippen MR) is 84.5 cm³/mol. The fourth-order valence-electron chi connectivity index (χ4n) is 2.14. The molecule has 0 fully saturated rings. The second-order valence-corrected chi connectivity index (χ2v) is 5.25. The number of halogens is 2. The number of ether oxygens (including phenoxy) is 1. The minimum absolute atomic E-state index is 0.0579. The second kappa shape index (κ2) is 8.01. The topological polar surface area (TPSA) is 21.3 Å². The summed E-state index contributed by atoms with van der Waals surface area (Å²) in [5, 5.41) is 4.00. The Balaban J connectivity index is 1.95. The van der Waals surface area contributed by atoms with Crippen LogP contribution in [-0.2, 0) is 6.42 Å². The first-order chi connectivity index (χ1) is 10.2. The van der Waals surface area contributed by atoms with Crippen molar-refractivity contribution in [2.45, 2.75) is 19.4 Å². The van der Waals surface area contributed by atoms with Crippen LogP contribution in [0.15, 0.2) is 48.5 Å². The quantitative estimate of drug-likeness (QED) is 0.832. The molecule has 0 spiro atoms. The summed E-state index contributed by atoms with van der Waals surface area (Å²) < 4.78 is 19.5. The average Bonchev–Trinajstić information content (AvgIpc) is 2.49. The number of hydrogen-bond acceptors (Lipinski definition) is 2. The molecule has 0 saturated heterocycles. The number of benzene rings is 2. The Morgan fingerprint density at radius 2 is 1.86 bits per heavy atom. The smallest absolute Gasteiger partial charge is 0.126 e. The van der Waals surface area contributed by atoms with Gasteiger partial charge in [0.05, 0.1) is 0 Å². The first-order valence-electron chi connectivity index (χ1n) is 7.04. The third-order valence-electron chi connectivity index (χ3n) is 3.18. The Kier molecular flexibility index (Phi) is 6.03. The standard InChI is InChI=1S/C17H19ClFNO/c1-2-20-15(11-13-5-3-4-6-17(13)19)12-21-16-9-7-14(18)8-10-16/h3-10,15,20H,2,11-12H2,1H3. The largest absolute Gasteiger partial charge is 0.492 e. The predicted octanol–water partition coefficient (Wildman–Crippen LogP) is 4.08. The van der Waals surface area contributed by atoms with Crippen LogP contribution in [0.2, 0.25) is 5.02 Å². The summed E-state index contributed by atoms with van der Waals surface area (Å²) in [6.45, 7) is 3.31. The zero-order chi connectivity index (χ0) is 15.1. The maximum atomic E-state index is 13.7. The number of nitrogens with one attached hydrogen (secondary N) is 1. The Morgan fingerprint density at radius 3 is 2.52 bits per heavy atom. The number of likely N-dealkylation sites (N-methyl/N-ethyl adjacent to an activating group) is 1. The monoisotopic (exact) mass is 307 g/mol. The van der Waals surface area contributed by atoms with Crippen LogP contribution < -0.4 is 10.1 Å². The molecule has 1 N–H and O–H groups in total. The third kappa shape index (κ3) is 5.03. The molecule has 2 rings (SSSR count). The van der Waals surface area contributed by atoms with Crippen molar-refractivity contribution in [1.29, 1.82) is 0 Å². The maximum Gasteiger partial charge on any atom is 0.126 e. The third-order valence-corrected chi connectivity index (χ3v) is 3.43. The molecule has 0 bridgehead atoms. The van der Waals surface area contributed by atoms with E-state index in [1.807, 2.05) is 31.2 Å². The van der Waals surface area contributed by atoms with Crippen molar-refractivity contribution in [3.8, 4) is 5.75 Å². The van der Waals surface area contributed by atoms with E-state index in [9.17, 15) is 4.39 Å². The van der Waals surface area contributed by atoms with Gasteiger partial charge in [-0.2, -0.15) is 0 Å². The molecular formula is C17H19ClFNO. The lowest BCUT2D eigenvalue weighted by Gasteiger charge is -2.19. The van der Waals surface area contributed by atoms with Crippen LogP contribution in [0, 0.1) is 5.82 Å². The first kappa shape index (κ1) is 15.8. The molecule has 0 aromatic heterocycles. The summed E-state index contributed by atoms with van der Waals surface area (Å²) >= 11 is 5.84. The van der Waals surface area contributed by atoms with Crippen LogP contribution in [0.25, 0.3) is 0 Å². The van der Waals surface area contributed by atoms with E-state index in [2.05, 4.69) is 5.32 Å². The van der Waals surface area contributed by atoms with E-state index in [4.69, 9.17) is 16.3 Å². The molecule has 4 heteroatoms. The zero-order valence-corrected chi connectivity index (χ0v) is 12.7. The van der Waals surface area contributed by atoms with Gasteiger partial charge in [0.1, 0.15) is 18.2 Å². The molecule has 112 valence electrons. The Labute approximate surface area is 129 Å². The zero-order valence-electron chi connectivity index (χ0n) is 12.0. The van der Waals surface area contributed by atoms with Gasteiger partial charge in [0.25, 0.3) is 0 Å². The van der Waals surface area contributed by atoms with Crippen molar-refractivity contribution >= 4 is 11.6 Å². The van der Waals surface area contributed by atoms with Crippen molar-refractivity contribution in [3.05, 3.63) is 64.9 Å². The SMILES string of the molecule is CCNC(COc1ccc(Cl)cc1)Cc1ccccc1F. The molecule has 0 saturated carbocycles. The lowest BCUT2D eigenvalue weighted by molar-refractivity contribution is 0.264. The molecule has 0 aliphatic rings. The van der Waals surface area contributed by atoms with Gasteiger partial charge in [-0.25, -0.2) is 4.39 Å². The van der Waals surface area contributed by atoms with Crippen molar-refractivity contribution in [2.24, 2.45) is 0 Å². The van der Waals surface area contributed by atoms with Crippen LogP contribution in [-0.4, -0.2) is 19.2 Å². The normalized spacial score (nSPS) is 12.1. The van der Waals surface area contributed by atoms with Crippen molar-refractivity contribution in [1.82, 2.24) is 5.32 Å². The molecule has 21 heavy (non-hydrogen) atoms. The van der Waals surface area contributed by atoms with Crippen molar-refractivity contribution in [3.63, 3.8) is 0 Å². The lowest BCUT2D eigenvalue weighted by atomic mass is 10.1. The van der Waals surface area contributed by atoms with Crippen LogP contribution >= 0.6 is 11.6 Å². The molecule has 2 nitrogen and oxygen atoms in total. The first-order valence-corrected chi connectivity index (χ1v) is 7.42. The fraction of sp³-hybridized carbons (Fsp3) is 0.294. The molecule has 2 aromatic carbocycles. The van der Waals surface area contributed by atoms with Gasteiger partial charge in [0, 0.05) is 11.1 Å². The highest BCUT2D eigenvalue weighted by Gasteiger charge is 2.12.